The summed E-state index contributed by atoms with van der Waals surface area (Å²) in [4.78, 5) is 12.3. The van der Waals surface area contributed by atoms with Crippen molar-refractivity contribution in [2.75, 3.05) is 5.32 Å². The second-order valence-corrected chi connectivity index (χ2v) is 6.47. The number of amides is 1. The third kappa shape index (κ3) is 3.56. The number of hydrogen-bond acceptors (Lipinski definition) is 5. The summed E-state index contributed by atoms with van der Waals surface area (Å²) in [5.41, 5.74) is 3.53. The van der Waals surface area contributed by atoms with E-state index in [0.29, 0.717) is 24.0 Å². The van der Waals surface area contributed by atoms with E-state index in [2.05, 4.69) is 26.2 Å². The molecule has 2 N–H and O–H groups in total. The lowest BCUT2D eigenvalue weighted by molar-refractivity contribution is 0.0951. The summed E-state index contributed by atoms with van der Waals surface area (Å²) in [5, 5.41) is 18.3. The first-order valence-corrected chi connectivity index (χ1v) is 8.69. The number of nitrogens with one attached hydrogen (secondary N) is 2. The Bertz CT molecular complexity index is 917. The summed E-state index contributed by atoms with van der Waals surface area (Å²) in [6, 6.07) is 15.8. The van der Waals surface area contributed by atoms with E-state index in [1.54, 1.807) is 4.68 Å². The predicted molar refractivity (Wildman–Crippen MR) is 98.1 cm³/mol. The Kier molecular flexibility index (Phi) is 4.35. The molecule has 3 aromatic rings. The molecule has 1 saturated carbocycles. The van der Waals surface area contributed by atoms with Gasteiger partial charge in [-0.25, -0.2) is 0 Å². The molecule has 0 bridgehead atoms. The molecule has 0 saturated heterocycles. The number of carbonyl (C=O) groups is 1. The van der Waals surface area contributed by atoms with Gasteiger partial charge >= 0.3 is 0 Å². The Balaban J connectivity index is 1.50. The van der Waals surface area contributed by atoms with E-state index in [0.717, 1.165) is 29.8 Å². The van der Waals surface area contributed by atoms with Gasteiger partial charge in [-0.05, 0) is 60.0 Å². The lowest BCUT2D eigenvalue weighted by Gasteiger charge is -2.12. The molecule has 2 aromatic carbocycles. The highest BCUT2D eigenvalue weighted by Crippen LogP contribution is 2.21. The quantitative estimate of drug-likeness (QED) is 0.715. The van der Waals surface area contributed by atoms with Crippen molar-refractivity contribution in [2.45, 2.75) is 32.4 Å². The first-order chi connectivity index (χ1) is 12.7. The zero-order valence-electron chi connectivity index (χ0n) is 14.5. The lowest BCUT2D eigenvalue weighted by atomic mass is 10.1. The average molecular weight is 348 g/mol. The number of carbonyl (C=O) groups excluding carboxylic acids is 1. The maximum atomic E-state index is 12.3. The third-order valence-corrected chi connectivity index (χ3v) is 4.38. The van der Waals surface area contributed by atoms with E-state index in [1.165, 1.54) is 0 Å². The second kappa shape index (κ2) is 6.95. The molecule has 1 aliphatic carbocycles. The Morgan fingerprint density at radius 2 is 2.00 bits per heavy atom. The highest BCUT2D eigenvalue weighted by atomic mass is 16.1. The second-order valence-electron chi connectivity index (χ2n) is 6.47. The van der Waals surface area contributed by atoms with Gasteiger partial charge < -0.3 is 10.6 Å². The van der Waals surface area contributed by atoms with Crippen molar-refractivity contribution in [3.8, 4) is 5.69 Å². The van der Waals surface area contributed by atoms with Gasteiger partial charge in [0.25, 0.3) is 5.91 Å². The van der Waals surface area contributed by atoms with Crippen LogP contribution in [0.1, 0.15) is 34.6 Å². The fraction of sp³-hybridized carbons (Fsp3) is 0.263. The molecule has 1 aliphatic rings. The fourth-order valence-electron chi connectivity index (χ4n) is 2.71. The van der Waals surface area contributed by atoms with Gasteiger partial charge in [-0.1, -0.05) is 24.3 Å². The highest BCUT2D eigenvalue weighted by Gasteiger charge is 2.24. The van der Waals surface area contributed by atoms with Crippen LogP contribution >= 0.6 is 0 Å². The van der Waals surface area contributed by atoms with Crippen molar-refractivity contribution in [1.82, 2.24) is 25.5 Å². The van der Waals surface area contributed by atoms with Crippen molar-refractivity contribution in [3.05, 3.63) is 65.5 Å². The van der Waals surface area contributed by atoms with Crippen LogP contribution in [0.3, 0.4) is 0 Å². The molecular formula is C19H20N6O. The minimum atomic E-state index is -0.0235. The van der Waals surface area contributed by atoms with Crippen LogP contribution in [0, 0.1) is 6.92 Å². The number of aromatic nitrogens is 4. The SMILES string of the molecule is Cc1ccc(C(=O)NC2CC2)cc1NCc1nnnn1-c1ccccc1. The summed E-state index contributed by atoms with van der Waals surface area (Å²) < 4.78 is 1.70. The molecule has 4 rings (SSSR count). The van der Waals surface area contributed by atoms with E-state index in [9.17, 15) is 4.79 Å². The molecule has 7 nitrogen and oxygen atoms in total. The Morgan fingerprint density at radius 3 is 2.77 bits per heavy atom. The van der Waals surface area contributed by atoms with Crippen molar-refractivity contribution in [3.63, 3.8) is 0 Å². The maximum absolute atomic E-state index is 12.3. The van der Waals surface area contributed by atoms with Crippen LogP contribution in [0.5, 0.6) is 0 Å². The van der Waals surface area contributed by atoms with Gasteiger partial charge in [0.1, 0.15) is 0 Å². The lowest BCUT2D eigenvalue weighted by Crippen LogP contribution is -2.25. The maximum Gasteiger partial charge on any atom is 0.251 e. The van der Waals surface area contributed by atoms with E-state index in [4.69, 9.17) is 0 Å². The zero-order chi connectivity index (χ0) is 17.9. The Labute approximate surface area is 151 Å². The van der Waals surface area contributed by atoms with Crippen LogP contribution in [-0.2, 0) is 6.54 Å². The van der Waals surface area contributed by atoms with Crippen molar-refractivity contribution < 1.29 is 4.79 Å². The van der Waals surface area contributed by atoms with E-state index < -0.39 is 0 Å². The molecule has 1 heterocycles. The fourth-order valence-corrected chi connectivity index (χ4v) is 2.71. The van der Waals surface area contributed by atoms with Crippen LogP contribution in [0.25, 0.3) is 5.69 Å². The van der Waals surface area contributed by atoms with Crippen LogP contribution in [0.15, 0.2) is 48.5 Å². The number of nitrogens with zero attached hydrogens (tertiary/aromatic N) is 4. The van der Waals surface area contributed by atoms with Gasteiger partial charge in [0.05, 0.1) is 12.2 Å². The largest absolute Gasteiger partial charge is 0.377 e. The molecule has 1 amide bonds. The number of benzene rings is 2. The van der Waals surface area contributed by atoms with Gasteiger partial charge in [0.15, 0.2) is 5.82 Å². The number of anilines is 1. The van der Waals surface area contributed by atoms with E-state index in [-0.39, 0.29) is 5.91 Å². The molecule has 132 valence electrons. The number of para-hydroxylation sites is 1. The summed E-state index contributed by atoms with van der Waals surface area (Å²) in [6.07, 6.45) is 2.15. The Hall–Kier alpha value is -3.22. The molecule has 0 aliphatic heterocycles. The third-order valence-electron chi connectivity index (χ3n) is 4.38. The summed E-state index contributed by atoms with van der Waals surface area (Å²) in [7, 11) is 0. The van der Waals surface area contributed by atoms with Crippen LogP contribution < -0.4 is 10.6 Å². The molecule has 0 atom stereocenters. The van der Waals surface area contributed by atoms with Gasteiger partial charge in [-0.2, -0.15) is 4.68 Å². The molecule has 7 heteroatoms. The first kappa shape index (κ1) is 16.3. The normalized spacial score (nSPS) is 13.4. The molecule has 26 heavy (non-hydrogen) atoms. The summed E-state index contributed by atoms with van der Waals surface area (Å²) >= 11 is 0. The number of tetrazole rings is 1. The van der Waals surface area contributed by atoms with Crippen LogP contribution in [0.2, 0.25) is 0 Å². The van der Waals surface area contributed by atoms with Gasteiger partial charge in [0, 0.05) is 17.3 Å². The van der Waals surface area contributed by atoms with Crippen molar-refractivity contribution in [1.29, 1.82) is 0 Å². The predicted octanol–water partition coefficient (Wildman–Crippen LogP) is 2.48. The Morgan fingerprint density at radius 1 is 1.19 bits per heavy atom. The van der Waals surface area contributed by atoms with Gasteiger partial charge in [-0.3, -0.25) is 4.79 Å². The summed E-state index contributed by atoms with van der Waals surface area (Å²) in [5.74, 6) is 0.674. The number of rotatable bonds is 6. The molecule has 0 unspecified atom stereocenters. The topological polar surface area (TPSA) is 84.7 Å². The molecule has 1 fully saturated rings. The number of aryl methyl sites for hydroxylation is 1. The van der Waals surface area contributed by atoms with Crippen molar-refractivity contribution in [2.24, 2.45) is 0 Å². The standard InChI is InChI=1S/C19H20N6O/c1-13-7-8-14(19(26)21-15-9-10-15)11-17(13)20-12-18-22-23-24-25(18)16-5-3-2-4-6-16/h2-8,11,15,20H,9-10,12H2,1H3,(H,21,26). The summed E-state index contributed by atoms with van der Waals surface area (Å²) in [6.45, 7) is 2.46. The van der Waals surface area contributed by atoms with Gasteiger partial charge in [-0.15, -0.1) is 5.10 Å². The average Bonchev–Trinajstić information content (AvgIpc) is 3.35. The minimum absolute atomic E-state index is 0.0235. The molecule has 1 aromatic heterocycles. The van der Waals surface area contributed by atoms with Gasteiger partial charge in [0.2, 0.25) is 0 Å². The first-order valence-electron chi connectivity index (χ1n) is 8.69. The zero-order valence-corrected chi connectivity index (χ0v) is 14.5. The smallest absolute Gasteiger partial charge is 0.251 e. The molecular weight excluding hydrogens is 328 g/mol. The highest BCUT2D eigenvalue weighted by molar-refractivity contribution is 5.95. The molecule has 0 radical (unpaired) electrons. The van der Waals surface area contributed by atoms with Crippen LogP contribution in [-0.4, -0.2) is 32.2 Å². The van der Waals surface area contributed by atoms with Crippen LogP contribution in [0.4, 0.5) is 5.69 Å². The van der Waals surface area contributed by atoms with Crippen molar-refractivity contribution >= 4 is 11.6 Å². The monoisotopic (exact) mass is 348 g/mol. The van der Waals surface area contributed by atoms with E-state index in [1.807, 2.05) is 55.5 Å². The minimum Gasteiger partial charge on any atom is -0.377 e. The molecule has 0 spiro atoms. The number of hydrogen-bond donors (Lipinski definition) is 2. The van der Waals surface area contributed by atoms with E-state index >= 15 is 0 Å².